The van der Waals surface area contributed by atoms with Crippen molar-refractivity contribution < 1.29 is 14.6 Å². The maximum Gasteiger partial charge on any atom is 0.312 e. The van der Waals surface area contributed by atoms with E-state index in [1.807, 2.05) is 32.0 Å². The van der Waals surface area contributed by atoms with Gasteiger partial charge in [-0.15, -0.1) is 0 Å². The van der Waals surface area contributed by atoms with Gasteiger partial charge in [-0.05, 0) is 25.0 Å². The normalized spacial score (nSPS) is 13.3. The summed E-state index contributed by atoms with van der Waals surface area (Å²) in [6.07, 6.45) is 0.730. The molecule has 1 aromatic rings. The highest BCUT2D eigenvalue weighted by atomic mass is 16.5. The highest BCUT2D eigenvalue weighted by molar-refractivity contribution is 5.76. The van der Waals surface area contributed by atoms with Gasteiger partial charge < -0.3 is 15.6 Å². The standard InChI is InChI=1S/C14H21NO3/c1-14(2,18-3)8-10-5-4-6-11(7-10)12(9-15)13(16)17/h4-7,12H,8-9,15H2,1-3H3,(H,16,17). The third kappa shape index (κ3) is 3.82. The van der Waals surface area contributed by atoms with Crippen LogP contribution < -0.4 is 5.73 Å². The summed E-state index contributed by atoms with van der Waals surface area (Å²) in [7, 11) is 1.67. The minimum absolute atomic E-state index is 0.104. The summed E-state index contributed by atoms with van der Waals surface area (Å²) in [6.45, 7) is 4.10. The Balaban J connectivity index is 2.95. The van der Waals surface area contributed by atoms with Gasteiger partial charge in [0.15, 0.2) is 0 Å². The lowest BCUT2D eigenvalue weighted by molar-refractivity contribution is -0.138. The lowest BCUT2D eigenvalue weighted by atomic mass is 9.93. The maximum atomic E-state index is 11.1. The van der Waals surface area contributed by atoms with E-state index in [4.69, 9.17) is 15.6 Å². The van der Waals surface area contributed by atoms with Gasteiger partial charge in [0.05, 0.1) is 11.5 Å². The molecular weight excluding hydrogens is 230 g/mol. The molecule has 100 valence electrons. The molecule has 0 fully saturated rings. The van der Waals surface area contributed by atoms with Crippen LogP contribution in [0, 0.1) is 0 Å². The predicted molar refractivity (Wildman–Crippen MR) is 70.7 cm³/mol. The van der Waals surface area contributed by atoms with Crippen molar-refractivity contribution in [3.63, 3.8) is 0 Å². The fraction of sp³-hybridized carbons (Fsp3) is 0.500. The summed E-state index contributed by atoms with van der Waals surface area (Å²) in [5, 5.41) is 9.09. The van der Waals surface area contributed by atoms with Gasteiger partial charge in [0.2, 0.25) is 0 Å². The number of rotatable bonds is 6. The minimum atomic E-state index is -0.888. The summed E-state index contributed by atoms with van der Waals surface area (Å²) in [4.78, 5) is 11.1. The molecule has 0 spiro atoms. The quantitative estimate of drug-likeness (QED) is 0.808. The SMILES string of the molecule is COC(C)(C)Cc1cccc(C(CN)C(=O)O)c1. The fourth-order valence-electron chi connectivity index (χ4n) is 1.86. The molecule has 0 heterocycles. The van der Waals surface area contributed by atoms with Crippen molar-refractivity contribution in [2.45, 2.75) is 31.8 Å². The van der Waals surface area contributed by atoms with Crippen LogP contribution in [0.25, 0.3) is 0 Å². The highest BCUT2D eigenvalue weighted by Crippen LogP contribution is 2.21. The summed E-state index contributed by atoms with van der Waals surface area (Å²) in [6, 6.07) is 7.53. The Morgan fingerprint density at radius 1 is 1.50 bits per heavy atom. The lowest BCUT2D eigenvalue weighted by Gasteiger charge is -2.23. The second kappa shape index (κ2) is 5.98. The number of hydrogen-bond acceptors (Lipinski definition) is 3. The van der Waals surface area contributed by atoms with E-state index < -0.39 is 11.9 Å². The van der Waals surface area contributed by atoms with Crippen LogP contribution >= 0.6 is 0 Å². The smallest absolute Gasteiger partial charge is 0.312 e. The third-order valence-corrected chi connectivity index (χ3v) is 3.07. The van der Waals surface area contributed by atoms with E-state index in [9.17, 15) is 4.79 Å². The van der Waals surface area contributed by atoms with Crippen LogP contribution in [-0.2, 0) is 16.0 Å². The molecule has 0 amide bonds. The predicted octanol–water partition coefficient (Wildman–Crippen LogP) is 1.78. The van der Waals surface area contributed by atoms with Gasteiger partial charge in [-0.1, -0.05) is 24.3 Å². The number of nitrogens with two attached hydrogens (primary N) is 1. The molecule has 0 aliphatic carbocycles. The Bertz CT molecular complexity index is 415. The first-order valence-electron chi connectivity index (χ1n) is 5.96. The molecular formula is C14H21NO3. The number of carbonyl (C=O) groups is 1. The van der Waals surface area contributed by atoms with Crippen molar-refractivity contribution in [2.75, 3.05) is 13.7 Å². The number of aliphatic carboxylic acids is 1. The van der Waals surface area contributed by atoms with Gasteiger partial charge in [0, 0.05) is 20.1 Å². The maximum absolute atomic E-state index is 11.1. The van der Waals surface area contributed by atoms with Crippen LogP contribution in [0.2, 0.25) is 0 Å². The first-order valence-corrected chi connectivity index (χ1v) is 5.96. The van der Waals surface area contributed by atoms with Crippen molar-refractivity contribution in [1.82, 2.24) is 0 Å². The summed E-state index contributed by atoms with van der Waals surface area (Å²) >= 11 is 0. The van der Waals surface area contributed by atoms with E-state index >= 15 is 0 Å². The molecule has 3 N–H and O–H groups in total. The minimum Gasteiger partial charge on any atom is -0.481 e. The molecule has 0 aromatic heterocycles. The first-order chi connectivity index (χ1) is 8.39. The van der Waals surface area contributed by atoms with Crippen molar-refractivity contribution >= 4 is 5.97 Å². The molecule has 0 bridgehead atoms. The van der Waals surface area contributed by atoms with Gasteiger partial charge in [-0.2, -0.15) is 0 Å². The Kier molecular flexibility index (Phi) is 4.87. The average molecular weight is 251 g/mol. The Labute approximate surface area is 108 Å². The van der Waals surface area contributed by atoms with E-state index in [1.54, 1.807) is 13.2 Å². The molecule has 0 radical (unpaired) electrons. The molecule has 0 aliphatic rings. The number of ether oxygens (including phenoxy) is 1. The van der Waals surface area contributed by atoms with E-state index in [0.717, 1.165) is 17.5 Å². The largest absolute Gasteiger partial charge is 0.481 e. The van der Waals surface area contributed by atoms with E-state index in [-0.39, 0.29) is 12.1 Å². The molecule has 4 heteroatoms. The second-order valence-corrected chi connectivity index (χ2v) is 5.01. The number of methoxy groups -OCH3 is 1. The molecule has 1 aromatic carbocycles. The number of benzene rings is 1. The topological polar surface area (TPSA) is 72.5 Å². The summed E-state index contributed by atoms with van der Waals surface area (Å²) in [5.41, 5.74) is 7.04. The van der Waals surface area contributed by atoms with Crippen molar-refractivity contribution in [1.29, 1.82) is 0 Å². The van der Waals surface area contributed by atoms with Crippen LogP contribution in [-0.4, -0.2) is 30.3 Å². The van der Waals surface area contributed by atoms with Gasteiger partial charge in [-0.3, -0.25) is 4.79 Å². The number of carboxylic acids is 1. The van der Waals surface area contributed by atoms with Gasteiger partial charge in [0.1, 0.15) is 0 Å². The van der Waals surface area contributed by atoms with Gasteiger partial charge in [-0.25, -0.2) is 0 Å². The molecule has 0 saturated heterocycles. The highest BCUT2D eigenvalue weighted by Gasteiger charge is 2.20. The zero-order valence-electron chi connectivity index (χ0n) is 11.1. The lowest BCUT2D eigenvalue weighted by Crippen LogP contribution is -2.26. The van der Waals surface area contributed by atoms with Crippen LogP contribution in [0.4, 0.5) is 0 Å². The van der Waals surface area contributed by atoms with Crippen molar-refractivity contribution in [3.8, 4) is 0 Å². The van der Waals surface area contributed by atoms with Crippen LogP contribution in [0.15, 0.2) is 24.3 Å². The molecule has 1 atom stereocenters. The summed E-state index contributed by atoms with van der Waals surface area (Å²) in [5.74, 6) is -1.53. The van der Waals surface area contributed by atoms with E-state index in [2.05, 4.69) is 0 Å². The zero-order chi connectivity index (χ0) is 13.8. The van der Waals surface area contributed by atoms with Crippen LogP contribution in [0.5, 0.6) is 0 Å². The molecule has 18 heavy (non-hydrogen) atoms. The number of carboxylic acid groups (broad SMARTS) is 1. The van der Waals surface area contributed by atoms with Gasteiger partial charge >= 0.3 is 5.97 Å². The van der Waals surface area contributed by atoms with E-state index in [1.165, 1.54) is 0 Å². The first kappa shape index (κ1) is 14.7. The third-order valence-electron chi connectivity index (χ3n) is 3.07. The second-order valence-electron chi connectivity index (χ2n) is 5.01. The average Bonchev–Trinajstić information content (AvgIpc) is 2.29. The Morgan fingerprint density at radius 3 is 2.67 bits per heavy atom. The zero-order valence-corrected chi connectivity index (χ0v) is 11.1. The van der Waals surface area contributed by atoms with Crippen molar-refractivity contribution in [3.05, 3.63) is 35.4 Å². The van der Waals surface area contributed by atoms with Crippen molar-refractivity contribution in [2.24, 2.45) is 5.73 Å². The number of hydrogen-bond donors (Lipinski definition) is 2. The monoisotopic (exact) mass is 251 g/mol. The van der Waals surface area contributed by atoms with Crippen LogP contribution in [0.1, 0.15) is 30.9 Å². The molecule has 0 saturated carbocycles. The molecule has 1 rings (SSSR count). The van der Waals surface area contributed by atoms with Gasteiger partial charge in [0.25, 0.3) is 0 Å². The Hall–Kier alpha value is -1.39. The molecule has 4 nitrogen and oxygen atoms in total. The van der Waals surface area contributed by atoms with Crippen LogP contribution in [0.3, 0.4) is 0 Å². The fourth-order valence-corrected chi connectivity index (χ4v) is 1.86. The van der Waals surface area contributed by atoms with E-state index in [0.29, 0.717) is 0 Å². The molecule has 1 unspecified atom stereocenters. The molecule has 0 aliphatic heterocycles. The summed E-state index contributed by atoms with van der Waals surface area (Å²) < 4.78 is 5.37. The Morgan fingerprint density at radius 2 is 2.17 bits per heavy atom.